The smallest absolute Gasteiger partial charge is 0.274 e. The van der Waals surface area contributed by atoms with Crippen LogP contribution in [0.15, 0.2) is 12.5 Å². The molecule has 1 aliphatic carbocycles. The van der Waals surface area contributed by atoms with Gasteiger partial charge in [0.25, 0.3) is 5.91 Å². The first-order chi connectivity index (χ1) is 14.3. The molecular formula is C19H24N8O3. The molecule has 1 aliphatic rings. The lowest BCUT2D eigenvalue weighted by Gasteiger charge is -2.16. The first kappa shape index (κ1) is 20.0. The highest BCUT2D eigenvalue weighted by atomic mass is 16.5. The van der Waals surface area contributed by atoms with Crippen molar-refractivity contribution in [2.24, 2.45) is 0 Å². The molecule has 1 saturated carbocycles. The molecule has 0 aliphatic heterocycles. The van der Waals surface area contributed by atoms with Gasteiger partial charge in [-0.2, -0.15) is 10.1 Å². The highest BCUT2D eigenvalue weighted by molar-refractivity contribution is 6.02. The molecule has 0 unspecified atom stereocenters. The maximum absolute atomic E-state index is 12.7. The predicted octanol–water partition coefficient (Wildman–Crippen LogP) is 0.302. The van der Waals surface area contributed by atoms with Crippen LogP contribution in [0.5, 0.6) is 5.88 Å². The second kappa shape index (κ2) is 7.48. The molecule has 0 bridgehead atoms. The van der Waals surface area contributed by atoms with E-state index in [9.17, 15) is 9.90 Å². The van der Waals surface area contributed by atoms with E-state index in [0.29, 0.717) is 29.9 Å². The van der Waals surface area contributed by atoms with Crippen LogP contribution >= 0.6 is 0 Å². The molecule has 11 heteroatoms. The van der Waals surface area contributed by atoms with Crippen molar-refractivity contribution in [3.63, 3.8) is 0 Å². The average Bonchev–Trinajstić information content (AvgIpc) is 3.36. The Bertz CT molecular complexity index is 1110. The zero-order valence-corrected chi connectivity index (χ0v) is 17.4. The van der Waals surface area contributed by atoms with Gasteiger partial charge < -0.3 is 20.1 Å². The molecule has 0 atom stereocenters. The molecule has 158 valence electrons. The van der Waals surface area contributed by atoms with Crippen molar-refractivity contribution in [3.8, 4) is 5.88 Å². The normalized spacial score (nSPS) is 14.6. The van der Waals surface area contributed by atoms with Gasteiger partial charge in [0.05, 0.1) is 31.1 Å². The fraction of sp³-hybridized carbons (Fsp3) is 0.474. The number of ether oxygens (including phenoxy) is 1. The lowest BCUT2D eigenvalue weighted by atomic mass is 10.2. The summed E-state index contributed by atoms with van der Waals surface area (Å²) in [6, 6.07) is 0. The standard InChI is InChI=1S/C19H24N8O3/c1-11-12(22-10-23-16(11)26(2)3)8-27-17-14(20-7-13(24-17)30-4)15(25-27)18(28)21-9-19(29)5-6-19/h7,10,29H,5-6,8-9H2,1-4H3,(H,21,28). The van der Waals surface area contributed by atoms with Crippen molar-refractivity contribution < 1.29 is 14.6 Å². The Morgan fingerprint density at radius 2 is 2.10 bits per heavy atom. The summed E-state index contributed by atoms with van der Waals surface area (Å²) in [4.78, 5) is 32.1. The summed E-state index contributed by atoms with van der Waals surface area (Å²) in [5.74, 6) is 0.707. The van der Waals surface area contributed by atoms with Gasteiger partial charge in [0, 0.05) is 26.2 Å². The van der Waals surface area contributed by atoms with E-state index in [0.717, 1.165) is 17.1 Å². The Labute approximate surface area is 173 Å². The quantitative estimate of drug-likeness (QED) is 0.562. The van der Waals surface area contributed by atoms with Gasteiger partial charge >= 0.3 is 0 Å². The number of aliphatic hydroxyl groups is 1. The molecule has 1 amide bonds. The van der Waals surface area contributed by atoms with Gasteiger partial charge in [-0.25, -0.2) is 19.6 Å². The van der Waals surface area contributed by atoms with Gasteiger partial charge in [-0.15, -0.1) is 0 Å². The third-order valence-electron chi connectivity index (χ3n) is 5.14. The Morgan fingerprint density at radius 1 is 1.33 bits per heavy atom. The van der Waals surface area contributed by atoms with Crippen LogP contribution in [0.25, 0.3) is 11.2 Å². The van der Waals surface area contributed by atoms with Gasteiger partial charge in [0.15, 0.2) is 11.3 Å². The number of amides is 1. The number of nitrogens with zero attached hydrogens (tertiary/aromatic N) is 7. The first-order valence-electron chi connectivity index (χ1n) is 9.57. The third-order valence-corrected chi connectivity index (χ3v) is 5.14. The minimum absolute atomic E-state index is 0.143. The Morgan fingerprint density at radius 3 is 2.77 bits per heavy atom. The molecule has 3 aromatic heterocycles. The summed E-state index contributed by atoms with van der Waals surface area (Å²) in [5, 5.41) is 17.2. The SMILES string of the molecule is COc1cnc2c(C(=O)NCC3(O)CC3)nn(Cc3ncnc(N(C)C)c3C)c2n1. The molecule has 30 heavy (non-hydrogen) atoms. The number of carbonyl (C=O) groups is 1. The molecule has 1 fully saturated rings. The van der Waals surface area contributed by atoms with Crippen molar-refractivity contribution in [2.75, 3.05) is 32.6 Å². The zero-order chi connectivity index (χ0) is 21.5. The second-order valence-corrected chi connectivity index (χ2v) is 7.66. The van der Waals surface area contributed by atoms with E-state index in [2.05, 4.69) is 30.4 Å². The Kier molecular flexibility index (Phi) is 4.98. The Hall–Kier alpha value is -3.34. The number of carbonyl (C=O) groups excluding carboxylic acids is 1. The number of hydrogen-bond acceptors (Lipinski definition) is 9. The van der Waals surface area contributed by atoms with Crippen molar-refractivity contribution in [3.05, 3.63) is 29.5 Å². The van der Waals surface area contributed by atoms with E-state index in [1.165, 1.54) is 19.6 Å². The van der Waals surface area contributed by atoms with Gasteiger partial charge in [0.1, 0.15) is 17.7 Å². The molecule has 11 nitrogen and oxygen atoms in total. The second-order valence-electron chi connectivity index (χ2n) is 7.66. The van der Waals surface area contributed by atoms with Crippen molar-refractivity contribution in [1.29, 1.82) is 0 Å². The molecule has 0 saturated heterocycles. The Balaban J connectivity index is 1.72. The van der Waals surface area contributed by atoms with E-state index < -0.39 is 11.5 Å². The zero-order valence-electron chi connectivity index (χ0n) is 17.4. The van der Waals surface area contributed by atoms with Crippen molar-refractivity contribution in [2.45, 2.75) is 31.9 Å². The highest BCUT2D eigenvalue weighted by Crippen LogP contribution is 2.34. The molecule has 0 spiro atoms. The van der Waals surface area contributed by atoms with E-state index in [4.69, 9.17) is 4.74 Å². The summed E-state index contributed by atoms with van der Waals surface area (Å²) in [7, 11) is 5.32. The maximum atomic E-state index is 12.7. The fourth-order valence-electron chi connectivity index (χ4n) is 3.17. The van der Waals surface area contributed by atoms with Gasteiger partial charge in [-0.3, -0.25) is 4.79 Å². The van der Waals surface area contributed by atoms with Crippen molar-refractivity contribution in [1.82, 2.24) is 35.0 Å². The lowest BCUT2D eigenvalue weighted by Crippen LogP contribution is -2.33. The summed E-state index contributed by atoms with van der Waals surface area (Å²) < 4.78 is 6.78. The summed E-state index contributed by atoms with van der Waals surface area (Å²) in [6.07, 6.45) is 4.31. The molecule has 4 rings (SSSR count). The fourth-order valence-corrected chi connectivity index (χ4v) is 3.17. The van der Waals surface area contributed by atoms with Gasteiger partial charge in [-0.05, 0) is 19.8 Å². The summed E-state index contributed by atoms with van der Waals surface area (Å²) in [5.41, 5.74) is 1.77. The summed E-state index contributed by atoms with van der Waals surface area (Å²) in [6.45, 7) is 2.40. The topological polar surface area (TPSA) is 131 Å². The number of anilines is 1. The molecule has 2 N–H and O–H groups in total. The van der Waals surface area contributed by atoms with Crippen molar-refractivity contribution >= 4 is 22.9 Å². The molecule has 3 heterocycles. The van der Waals surface area contributed by atoms with E-state index in [-0.39, 0.29) is 18.8 Å². The number of aromatic nitrogens is 6. The first-order valence-corrected chi connectivity index (χ1v) is 9.57. The minimum atomic E-state index is -0.802. The van der Waals surface area contributed by atoms with E-state index in [1.54, 1.807) is 4.68 Å². The number of rotatable bonds is 7. The van der Waals surface area contributed by atoms with Crippen LogP contribution in [0, 0.1) is 6.92 Å². The van der Waals surface area contributed by atoms with Crippen LogP contribution in [-0.2, 0) is 6.54 Å². The van der Waals surface area contributed by atoms with Crippen LogP contribution in [0.2, 0.25) is 0 Å². The number of fused-ring (bicyclic) bond motifs is 1. The monoisotopic (exact) mass is 412 g/mol. The predicted molar refractivity (Wildman–Crippen MR) is 109 cm³/mol. The number of methoxy groups -OCH3 is 1. The highest BCUT2D eigenvalue weighted by Gasteiger charge is 2.40. The van der Waals surface area contributed by atoms with Crippen LogP contribution < -0.4 is 15.0 Å². The average molecular weight is 412 g/mol. The molecule has 0 radical (unpaired) electrons. The van der Waals surface area contributed by atoms with E-state index in [1.807, 2.05) is 25.9 Å². The molecular weight excluding hydrogens is 388 g/mol. The molecule has 3 aromatic rings. The molecule has 0 aromatic carbocycles. The van der Waals surface area contributed by atoms with Crippen LogP contribution in [0.3, 0.4) is 0 Å². The van der Waals surface area contributed by atoms with Crippen LogP contribution in [0.1, 0.15) is 34.6 Å². The summed E-state index contributed by atoms with van der Waals surface area (Å²) >= 11 is 0. The van der Waals surface area contributed by atoms with Crippen LogP contribution in [-0.4, -0.2) is 74.1 Å². The maximum Gasteiger partial charge on any atom is 0.274 e. The van der Waals surface area contributed by atoms with Gasteiger partial charge in [0.2, 0.25) is 5.88 Å². The minimum Gasteiger partial charge on any atom is -0.480 e. The largest absolute Gasteiger partial charge is 0.480 e. The lowest BCUT2D eigenvalue weighted by molar-refractivity contribution is 0.0892. The number of hydrogen-bond donors (Lipinski definition) is 2. The third kappa shape index (κ3) is 3.75. The van der Waals surface area contributed by atoms with Crippen LogP contribution in [0.4, 0.5) is 5.82 Å². The van der Waals surface area contributed by atoms with Gasteiger partial charge in [-0.1, -0.05) is 0 Å². The number of nitrogens with one attached hydrogen (secondary N) is 1. The van der Waals surface area contributed by atoms with E-state index >= 15 is 0 Å².